The predicted octanol–water partition coefficient (Wildman–Crippen LogP) is 3.36. The van der Waals surface area contributed by atoms with Crippen molar-refractivity contribution >= 4 is 56.3 Å². The minimum absolute atomic E-state index is 0.109. The van der Waals surface area contributed by atoms with Gasteiger partial charge in [-0.3, -0.25) is 9.59 Å². The Morgan fingerprint density at radius 2 is 2.06 bits per heavy atom. The van der Waals surface area contributed by atoms with E-state index in [0.29, 0.717) is 55.6 Å². The van der Waals surface area contributed by atoms with E-state index in [0.717, 1.165) is 15.0 Å². The van der Waals surface area contributed by atoms with Crippen LogP contribution in [0.15, 0.2) is 39.3 Å². The van der Waals surface area contributed by atoms with Crippen molar-refractivity contribution in [1.82, 2.24) is 5.32 Å². The van der Waals surface area contributed by atoms with Gasteiger partial charge < -0.3 is 30.2 Å². The van der Waals surface area contributed by atoms with Crippen molar-refractivity contribution in [2.75, 3.05) is 43.2 Å². The van der Waals surface area contributed by atoms with Gasteiger partial charge in [0.15, 0.2) is 5.84 Å². The van der Waals surface area contributed by atoms with E-state index in [2.05, 4.69) is 31.7 Å². The highest BCUT2D eigenvalue weighted by atomic mass is 79.9. The van der Waals surface area contributed by atoms with Crippen molar-refractivity contribution in [2.24, 2.45) is 5.16 Å². The monoisotopic (exact) mass is 536 g/mol. The molecule has 0 bridgehead atoms. The maximum absolute atomic E-state index is 13.3. The molecule has 0 aliphatic carbocycles. The molecule has 3 N–H and O–H groups in total. The summed E-state index contributed by atoms with van der Waals surface area (Å²) < 4.78 is 11.8. The third kappa shape index (κ3) is 5.21. The first kappa shape index (κ1) is 23.7. The Morgan fingerprint density at radius 1 is 1.21 bits per heavy atom. The molecule has 9 nitrogen and oxygen atoms in total. The van der Waals surface area contributed by atoms with E-state index < -0.39 is 5.54 Å². The fourth-order valence-corrected chi connectivity index (χ4v) is 5.23. The van der Waals surface area contributed by atoms with Crippen molar-refractivity contribution in [2.45, 2.75) is 25.3 Å². The summed E-state index contributed by atoms with van der Waals surface area (Å²) in [7, 11) is 0. The molecule has 11 heteroatoms. The number of thiophene rings is 1. The van der Waals surface area contributed by atoms with Crippen molar-refractivity contribution in [3.63, 3.8) is 0 Å². The van der Waals surface area contributed by atoms with Crippen LogP contribution in [0.5, 0.6) is 0 Å². The number of amidine groups is 1. The average Bonchev–Trinajstić information content (AvgIpc) is 3.38. The number of rotatable bonds is 5. The summed E-state index contributed by atoms with van der Waals surface area (Å²) in [5.74, 6) is -0.0913. The number of ether oxygens (including phenoxy) is 2. The van der Waals surface area contributed by atoms with E-state index >= 15 is 0 Å². The summed E-state index contributed by atoms with van der Waals surface area (Å²) in [6.07, 6.45) is 0.899. The van der Waals surface area contributed by atoms with Gasteiger partial charge in [-0.2, -0.15) is 0 Å². The SMILES string of the molecule is Cc1cc(NC(=O)C2(NC(=O)c3ccc(Br)s3)CCOC2)ccc1N1CCOCCC1=NO. The maximum atomic E-state index is 13.3. The van der Waals surface area contributed by atoms with Crippen LogP contribution in [0.1, 0.15) is 28.1 Å². The number of aryl methyl sites for hydroxylation is 1. The molecule has 2 aliphatic heterocycles. The molecule has 2 aromatic rings. The third-order valence-electron chi connectivity index (χ3n) is 5.71. The molecular formula is C22H25BrN4O5S. The fraction of sp³-hybridized carbons (Fsp3) is 0.409. The lowest BCUT2D eigenvalue weighted by molar-refractivity contribution is -0.122. The lowest BCUT2D eigenvalue weighted by Crippen LogP contribution is -2.57. The molecule has 33 heavy (non-hydrogen) atoms. The number of halogens is 1. The normalized spacial score (nSPS) is 22.2. The maximum Gasteiger partial charge on any atom is 0.262 e. The van der Waals surface area contributed by atoms with Crippen LogP contribution in [0.2, 0.25) is 0 Å². The number of nitrogens with zero attached hydrogens (tertiary/aromatic N) is 2. The van der Waals surface area contributed by atoms with Crippen LogP contribution < -0.4 is 15.5 Å². The summed E-state index contributed by atoms with van der Waals surface area (Å²) in [5.41, 5.74) is 1.25. The number of hydrogen-bond acceptors (Lipinski definition) is 7. The largest absolute Gasteiger partial charge is 0.409 e. The lowest BCUT2D eigenvalue weighted by Gasteiger charge is -2.28. The number of amides is 2. The Balaban J connectivity index is 1.50. The number of carbonyl (C=O) groups excluding carboxylic acids is 2. The highest BCUT2D eigenvalue weighted by Crippen LogP contribution is 2.28. The molecule has 2 fully saturated rings. The van der Waals surface area contributed by atoms with Gasteiger partial charge in [0.05, 0.1) is 28.5 Å². The summed E-state index contributed by atoms with van der Waals surface area (Å²) in [6, 6.07) is 9.04. The van der Waals surface area contributed by atoms with Crippen LogP contribution in [-0.4, -0.2) is 61.4 Å². The number of carbonyl (C=O) groups is 2. The zero-order valence-electron chi connectivity index (χ0n) is 18.1. The Kier molecular flexibility index (Phi) is 7.32. The van der Waals surface area contributed by atoms with Gasteiger partial charge in [0, 0.05) is 37.4 Å². The minimum Gasteiger partial charge on any atom is -0.409 e. The van der Waals surface area contributed by atoms with Crippen LogP contribution in [0, 0.1) is 6.92 Å². The molecule has 1 atom stereocenters. The summed E-state index contributed by atoms with van der Waals surface area (Å²) in [6.45, 7) is 4.02. The second-order valence-electron chi connectivity index (χ2n) is 7.93. The molecule has 4 rings (SSSR count). The molecule has 1 unspecified atom stereocenters. The third-order valence-corrected chi connectivity index (χ3v) is 7.33. The number of anilines is 2. The first-order valence-corrected chi connectivity index (χ1v) is 12.2. The summed E-state index contributed by atoms with van der Waals surface area (Å²) >= 11 is 4.66. The van der Waals surface area contributed by atoms with E-state index in [1.165, 1.54) is 11.3 Å². The van der Waals surface area contributed by atoms with Gasteiger partial charge in [-0.15, -0.1) is 11.3 Å². The van der Waals surface area contributed by atoms with Crippen molar-refractivity contribution < 1.29 is 24.3 Å². The summed E-state index contributed by atoms with van der Waals surface area (Å²) in [5, 5.41) is 18.7. The molecule has 2 aliphatic rings. The zero-order valence-corrected chi connectivity index (χ0v) is 20.5. The standard InChI is InChI=1S/C22H25BrN4O5S/c1-14-12-15(2-3-16(14)27-8-11-31-9-6-19(27)26-30)24-21(29)22(7-10-32-13-22)25-20(28)17-4-5-18(23)33-17/h2-5,12,30H,6-11,13H2,1H3,(H,24,29)(H,25,28). The molecule has 1 aromatic heterocycles. The van der Waals surface area contributed by atoms with Crippen LogP contribution in [0.4, 0.5) is 11.4 Å². The number of hydrogen-bond donors (Lipinski definition) is 3. The summed E-state index contributed by atoms with van der Waals surface area (Å²) in [4.78, 5) is 28.4. The van der Waals surface area contributed by atoms with Crippen LogP contribution in [-0.2, 0) is 14.3 Å². The zero-order chi connectivity index (χ0) is 23.4. The molecule has 0 spiro atoms. The molecule has 2 amide bonds. The second kappa shape index (κ2) is 10.2. The van der Waals surface area contributed by atoms with Crippen LogP contribution in [0.25, 0.3) is 0 Å². The number of nitrogens with one attached hydrogen (secondary N) is 2. The number of benzene rings is 1. The Morgan fingerprint density at radius 3 is 2.73 bits per heavy atom. The highest BCUT2D eigenvalue weighted by Gasteiger charge is 2.44. The number of oxime groups is 1. The molecule has 2 saturated heterocycles. The average molecular weight is 537 g/mol. The van der Waals surface area contributed by atoms with E-state index in [1.807, 2.05) is 24.0 Å². The minimum atomic E-state index is -1.14. The van der Waals surface area contributed by atoms with Crippen LogP contribution >= 0.6 is 27.3 Å². The van der Waals surface area contributed by atoms with Gasteiger partial charge >= 0.3 is 0 Å². The Bertz CT molecular complexity index is 1070. The van der Waals surface area contributed by atoms with Gasteiger partial charge in [-0.25, -0.2) is 0 Å². The van der Waals surface area contributed by atoms with Gasteiger partial charge in [0.1, 0.15) is 5.54 Å². The second-order valence-corrected chi connectivity index (χ2v) is 10.4. The topological polar surface area (TPSA) is 112 Å². The van der Waals surface area contributed by atoms with Crippen molar-refractivity contribution in [1.29, 1.82) is 0 Å². The molecule has 0 radical (unpaired) electrons. The quantitative estimate of drug-likeness (QED) is 0.399. The van der Waals surface area contributed by atoms with Crippen molar-refractivity contribution in [3.8, 4) is 0 Å². The lowest BCUT2D eigenvalue weighted by atomic mass is 9.96. The van der Waals surface area contributed by atoms with E-state index in [1.54, 1.807) is 18.2 Å². The highest BCUT2D eigenvalue weighted by molar-refractivity contribution is 9.11. The molecule has 1 aromatic carbocycles. The van der Waals surface area contributed by atoms with Crippen molar-refractivity contribution in [3.05, 3.63) is 44.6 Å². The first-order valence-electron chi connectivity index (χ1n) is 10.6. The molecular weight excluding hydrogens is 512 g/mol. The first-order chi connectivity index (χ1) is 15.9. The smallest absolute Gasteiger partial charge is 0.262 e. The van der Waals surface area contributed by atoms with E-state index in [9.17, 15) is 14.8 Å². The van der Waals surface area contributed by atoms with Crippen LogP contribution in [0.3, 0.4) is 0 Å². The predicted molar refractivity (Wildman–Crippen MR) is 129 cm³/mol. The van der Waals surface area contributed by atoms with Gasteiger partial charge in [-0.1, -0.05) is 5.16 Å². The van der Waals surface area contributed by atoms with E-state index in [-0.39, 0.29) is 18.4 Å². The molecule has 176 valence electrons. The van der Waals surface area contributed by atoms with Gasteiger partial charge in [0.2, 0.25) is 0 Å². The Labute approximate surface area is 203 Å². The van der Waals surface area contributed by atoms with Gasteiger partial charge in [-0.05, 0) is 58.7 Å². The molecule has 3 heterocycles. The fourth-order valence-electron chi connectivity index (χ4n) is 3.95. The van der Waals surface area contributed by atoms with Gasteiger partial charge in [0.25, 0.3) is 11.8 Å². The Hall–Kier alpha value is -2.47. The van der Waals surface area contributed by atoms with E-state index in [4.69, 9.17) is 9.47 Å². The molecule has 0 saturated carbocycles.